The van der Waals surface area contributed by atoms with Crippen molar-refractivity contribution >= 4 is 33.6 Å². The summed E-state index contributed by atoms with van der Waals surface area (Å²) in [4.78, 5) is 23.3. The zero-order chi connectivity index (χ0) is 20.5. The number of carbonyl (C=O) groups is 1. The topological polar surface area (TPSA) is 93.4 Å². The molecule has 4 rings (SSSR count). The molecule has 1 aromatic heterocycles. The largest absolute Gasteiger partial charge is 0.496 e. The van der Waals surface area contributed by atoms with Crippen LogP contribution in [0.25, 0.3) is 11.3 Å². The Morgan fingerprint density at radius 1 is 1.21 bits per heavy atom. The maximum Gasteiger partial charge on any atom is 0.322 e. The number of benzene rings is 2. The van der Waals surface area contributed by atoms with Gasteiger partial charge in [0.1, 0.15) is 5.75 Å². The molecule has 2 aromatic carbocycles. The number of aromatic nitrogens is 2. The summed E-state index contributed by atoms with van der Waals surface area (Å²) in [5.41, 5.74) is 11.0. The van der Waals surface area contributed by atoms with E-state index >= 15 is 0 Å². The van der Waals surface area contributed by atoms with Gasteiger partial charge < -0.3 is 20.7 Å². The van der Waals surface area contributed by atoms with E-state index in [-0.39, 0.29) is 12.0 Å². The molecule has 0 bridgehead atoms. The highest BCUT2D eigenvalue weighted by Gasteiger charge is 2.29. The SMILES string of the molecule is COc1cc(-c2nc(N)nc3c2CN(C(=O)Nc2ccccc2)C3)c(C)cc1Br. The van der Waals surface area contributed by atoms with Gasteiger partial charge in [-0.2, -0.15) is 0 Å². The van der Waals surface area contributed by atoms with E-state index in [1.165, 1.54) is 0 Å². The summed E-state index contributed by atoms with van der Waals surface area (Å²) >= 11 is 3.51. The maximum absolute atomic E-state index is 12.7. The van der Waals surface area contributed by atoms with E-state index in [0.717, 1.165) is 38.2 Å². The Hall–Kier alpha value is -3.13. The highest BCUT2D eigenvalue weighted by Crippen LogP contribution is 2.37. The summed E-state index contributed by atoms with van der Waals surface area (Å²) in [5.74, 6) is 0.888. The Morgan fingerprint density at radius 2 is 1.97 bits per heavy atom. The average molecular weight is 454 g/mol. The summed E-state index contributed by atoms with van der Waals surface area (Å²) in [6.07, 6.45) is 0. The first-order valence-corrected chi connectivity index (χ1v) is 9.86. The minimum atomic E-state index is -0.191. The molecule has 0 fully saturated rings. The lowest BCUT2D eigenvalue weighted by Gasteiger charge is -2.16. The molecule has 3 aromatic rings. The van der Waals surface area contributed by atoms with Crippen LogP contribution in [0.3, 0.4) is 0 Å². The molecule has 3 N–H and O–H groups in total. The molecule has 29 heavy (non-hydrogen) atoms. The van der Waals surface area contributed by atoms with Crippen molar-refractivity contribution in [2.75, 3.05) is 18.2 Å². The summed E-state index contributed by atoms with van der Waals surface area (Å²) in [6.45, 7) is 2.78. The lowest BCUT2D eigenvalue weighted by Crippen LogP contribution is -2.30. The van der Waals surface area contributed by atoms with Crippen molar-refractivity contribution in [1.29, 1.82) is 0 Å². The van der Waals surface area contributed by atoms with Crippen LogP contribution in [0.2, 0.25) is 0 Å². The summed E-state index contributed by atoms with van der Waals surface area (Å²) in [6, 6.07) is 13.1. The van der Waals surface area contributed by atoms with Crippen LogP contribution in [-0.4, -0.2) is 28.0 Å². The molecule has 0 radical (unpaired) electrons. The van der Waals surface area contributed by atoms with Crippen LogP contribution in [0.4, 0.5) is 16.4 Å². The van der Waals surface area contributed by atoms with Crippen LogP contribution < -0.4 is 15.8 Å². The number of anilines is 2. The lowest BCUT2D eigenvalue weighted by molar-refractivity contribution is 0.212. The van der Waals surface area contributed by atoms with Crippen molar-refractivity contribution < 1.29 is 9.53 Å². The van der Waals surface area contributed by atoms with E-state index < -0.39 is 0 Å². The van der Waals surface area contributed by atoms with Crippen LogP contribution in [0.5, 0.6) is 5.75 Å². The van der Waals surface area contributed by atoms with E-state index in [4.69, 9.17) is 10.5 Å². The van der Waals surface area contributed by atoms with Crippen molar-refractivity contribution in [3.63, 3.8) is 0 Å². The van der Waals surface area contributed by atoms with Crippen molar-refractivity contribution in [2.45, 2.75) is 20.0 Å². The molecule has 0 atom stereocenters. The van der Waals surface area contributed by atoms with Crippen LogP contribution in [0.15, 0.2) is 46.9 Å². The second-order valence-electron chi connectivity index (χ2n) is 6.81. The van der Waals surface area contributed by atoms with Crippen molar-refractivity contribution in [2.24, 2.45) is 0 Å². The maximum atomic E-state index is 12.7. The number of nitrogens with one attached hydrogen (secondary N) is 1. The highest BCUT2D eigenvalue weighted by molar-refractivity contribution is 9.10. The molecular weight excluding hydrogens is 434 g/mol. The number of carbonyl (C=O) groups excluding carboxylic acids is 1. The Bertz CT molecular complexity index is 1090. The molecule has 0 saturated carbocycles. The molecule has 0 spiro atoms. The van der Waals surface area contributed by atoms with E-state index in [0.29, 0.717) is 18.8 Å². The standard InChI is InChI=1S/C21H20BrN5O2/c1-12-8-16(22)18(29-2)9-14(12)19-15-10-27(11-17(15)25-20(23)26-19)21(28)24-13-6-4-3-5-7-13/h3-9H,10-11H2,1-2H3,(H,24,28)(H2,23,25,26). The zero-order valence-corrected chi connectivity index (χ0v) is 17.7. The average Bonchev–Trinajstić information content (AvgIpc) is 3.12. The molecule has 8 heteroatoms. The fourth-order valence-electron chi connectivity index (χ4n) is 3.43. The molecule has 7 nitrogen and oxygen atoms in total. The number of fused-ring (bicyclic) bond motifs is 1. The van der Waals surface area contributed by atoms with E-state index in [1.54, 1.807) is 12.0 Å². The predicted octanol–water partition coefficient (Wildman–Crippen LogP) is 4.35. The number of hydrogen-bond donors (Lipinski definition) is 2. The van der Waals surface area contributed by atoms with Gasteiger partial charge in [-0.15, -0.1) is 0 Å². The number of nitrogen functional groups attached to an aromatic ring is 1. The fraction of sp³-hybridized carbons (Fsp3) is 0.190. The van der Waals surface area contributed by atoms with Gasteiger partial charge >= 0.3 is 6.03 Å². The minimum Gasteiger partial charge on any atom is -0.496 e. The van der Waals surface area contributed by atoms with Crippen LogP contribution in [0, 0.1) is 6.92 Å². The number of rotatable bonds is 3. The molecule has 2 amide bonds. The Labute approximate surface area is 177 Å². The third-order valence-electron chi connectivity index (χ3n) is 4.87. The summed E-state index contributed by atoms with van der Waals surface area (Å²) in [5, 5.41) is 2.91. The fourth-order valence-corrected chi connectivity index (χ4v) is 4.05. The third kappa shape index (κ3) is 3.75. The number of para-hydroxylation sites is 1. The molecule has 0 aliphatic carbocycles. The van der Waals surface area contributed by atoms with Gasteiger partial charge in [-0.25, -0.2) is 14.8 Å². The summed E-state index contributed by atoms with van der Waals surface area (Å²) < 4.78 is 6.31. The van der Waals surface area contributed by atoms with Gasteiger partial charge in [0.2, 0.25) is 5.95 Å². The Balaban J connectivity index is 1.68. The number of ether oxygens (including phenoxy) is 1. The van der Waals surface area contributed by atoms with Crippen molar-refractivity contribution in [3.05, 3.63) is 63.8 Å². The number of hydrogen-bond acceptors (Lipinski definition) is 5. The normalized spacial score (nSPS) is 12.6. The van der Waals surface area contributed by atoms with Crippen LogP contribution >= 0.6 is 15.9 Å². The van der Waals surface area contributed by atoms with E-state index in [9.17, 15) is 4.79 Å². The second kappa shape index (κ2) is 7.71. The van der Waals surface area contributed by atoms with E-state index in [2.05, 4.69) is 31.2 Å². The summed E-state index contributed by atoms with van der Waals surface area (Å²) in [7, 11) is 1.62. The van der Waals surface area contributed by atoms with Gasteiger partial charge in [0.05, 0.1) is 36.1 Å². The molecule has 2 heterocycles. The van der Waals surface area contributed by atoms with Gasteiger partial charge in [-0.3, -0.25) is 0 Å². The van der Waals surface area contributed by atoms with E-state index in [1.807, 2.05) is 49.4 Å². The van der Waals surface area contributed by atoms with Gasteiger partial charge in [0.25, 0.3) is 0 Å². The number of nitrogens with two attached hydrogens (primary N) is 1. The molecular formula is C21H20BrN5O2. The first-order chi connectivity index (χ1) is 14.0. The first-order valence-electron chi connectivity index (χ1n) is 9.07. The van der Waals surface area contributed by atoms with Gasteiger partial charge in [-0.1, -0.05) is 18.2 Å². The van der Waals surface area contributed by atoms with Gasteiger partial charge in [-0.05, 0) is 52.7 Å². The molecule has 1 aliphatic rings. The Morgan fingerprint density at radius 3 is 2.69 bits per heavy atom. The number of aryl methyl sites for hydroxylation is 1. The second-order valence-corrected chi connectivity index (χ2v) is 7.66. The minimum absolute atomic E-state index is 0.186. The van der Waals surface area contributed by atoms with Crippen molar-refractivity contribution in [1.82, 2.24) is 14.9 Å². The van der Waals surface area contributed by atoms with Crippen molar-refractivity contribution in [3.8, 4) is 17.0 Å². The molecule has 0 unspecified atom stereocenters. The Kier molecular flexibility index (Phi) is 5.10. The van der Waals surface area contributed by atoms with Gasteiger partial charge in [0, 0.05) is 16.8 Å². The molecule has 1 aliphatic heterocycles. The molecule has 148 valence electrons. The van der Waals surface area contributed by atoms with Crippen LogP contribution in [0.1, 0.15) is 16.8 Å². The lowest BCUT2D eigenvalue weighted by atomic mass is 10.0. The quantitative estimate of drug-likeness (QED) is 0.614. The number of amides is 2. The smallest absolute Gasteiger partial charge is 0.322 e. The highest BCUT2D eigenvalue weighted by atomic mass is 79.9. The number of methoxy groups -OCH3 is 1. The first kappa shape index (κ1) is 19.2. The van der Waals surface area contributed by atoms with Crippen LogP contribution in [-0.2, 0) is 13.1 Å². The molecule has 0 saturated heterocycles. The monoisotopic (exact) mass is 453 g/mol. The third-order valence-corrected chi connectivity index (χ3v) is 5.49. The predicted molar refractivity (Wildman–Crippen MR) is 116 cm³/mol. The van der Waals surface area contributed by atoms with Gasteiger partial charge in [0.15, 0.2) is 0 Å². The zero-order valence-electron chi connectivity index (χ0n) is 16.1. The number of nitrogens with zero attached hydrogens (tertiary/aromatic N) is 3. The number of urea groups is 1. The number of halogens is 1.